The molecule has 0 saturated carbocycles. The first-order chi connectivity index (χ1) is 14.3. The van der Waals surface area contributed by atoms with E-state index in [1.807, 2.05) is 0 Å². The van der Waals surface area contributed by atoms with E-state index in [0.29, 0.717) is 21.5 Å². The molecule has 1 aliphatic heterocycles. The first-order valence-corrected chi connectivity index (χ1v) is 10.9. The van der Waals surface area contributed by atoms with Gasteiger partial charge in [0, 0.05) is 60.4 Å². The summed E-state index contributed by atoms with van der Waals surface area (Å²) in [6.07, 6.45) is 1.52. The molecule has 11 heteroatoms. The summed E-state index contributed by atoms with van der Waals surface area (Å²) in [7, 11) is -3.68. The van der Waals surface area contributed by atoms with Crippen molar-refractivity contribution in [2.75, 3.05) is 26.2 Å². The largest absolute Gasteiger partial charge is 0.360 e. The van der Waals surface area contributed by atoms with Gasteiger partial charge in [-0.3, -0.25) is 14.9 Å². The van der Waals surface area contributed by atoms with E-state index in [1.165, 1.54) is 46.9 Å². The second-order valence-corrected chi connectivity index (χ2v) is 9.21. The van der Waals surface area contributed by atoms with E-state index >= 15 is 0 Å². The van der Waals surface area contributed by atoms with Crippen LogP contribution in [0.3, 0.4) is 0 Å². The number of nitrogens with one attached hydrogen (secondary N) is 1. The zero-order valence-corrected chi connectivity index (χ0v) is 17.2. The monoisotopic (exact) mass is 448 g/mol. The number of nitro benzene ring substituents is 1. The Morgan fingerprint density at radius 2 is 1.73 bits per heavy atom. The highest BCUT2D eigenvalue weighted by atomic mass is 35.5. The lowest BCUT2D eigenvalue weighted by atomic mass is 10.1. The number of carbonyl (C=O) groups is 1. The molecule has 2 aromatic carbocycles. The van der Waals surface area contributed by atoms with Gasteiger partial charge >= 0.3 is 0 Å². The van der Waals surface area contributed by atoms with Crippen molar-refractivity contribution in [1.82, 2.24) is 14.2 Å². The first-order valence-electron chi connectivity index (χ1n) is 9.08. The van der Waals surface area contributed by atoms with Gasteiger partial charge in [-0.2, -0.15) is 4.31 Å². The SMILES string of the molecule is O=C(c1c[nH]c2ccc([N+](=O)[O-])cc12)N1CCN(S(=O)(=O)c2ccc(Cl)cc2)CC1. The number of hydrogen-bond acceptors (Lipinski definition) is 5. The Bertz CT molecular complexity index is 1230. The molecular weight excluding hydrogens is 432 g/mol. The van der Waals surface area contributed by atoms with E-state index in [1.54, 1.807) is 11.0 Å². The van der Waals surface area contributed by atoms with Crippen molar-refractivity contribution in [1.29, 1.82) is 0 Å². The van der Waals surface area contributed by atoms with E-state index in [4.69, 9.17) is 11.6 Å². The third kappa shape index (κ3) is 3.64. The molecule has 0 spiro atoms. The molecule has 0 unspecified atom stereocenters. The van der Waals surface area contributed by atoms with Gasteiger partial charge in [0.25, 0.3) is 11.6 Å². The summed E-state index contributed by atoms with van der Waals surface area (Å²) in [6.45, 7) is 0.735. The van der Waals surface area contributed by atoms with E-state index in [-0.39, 0.29) is 42.7 Å². The fraction of sp³-hybridized carbons (Fsp3) is 0.211. The number of fused-ring (bicyclic) bond motifs is 1. The molecule has 0 bridgehead atoms. The Balaban J connectivity index is 1.51. The van der Waals surface area contributed by atoms with Crippen LogP contribution in [0.4, 0.5) is 5.69 Å². The highest BCUT2D eigenvalue weighted by molar-refractivity contribution is 7.89. The van der Waals surface area contributed by atoms with Gasteiger partial charge in [0.2, 0.25) is 10.0 Å². The van der Waals surface area contributed by atoms with Gasteiger partial charge in [-0.25, -0.2) is 8.42 Å². The number of piperazine rings is 1. The van der Waals surface area contributed by atoms with Crippen LogP contribution in [0.5, 0.6) is 0 Å². The number of amides is 1. The lowest BCUT2D eigenvalue weighted by Gasteiger charge is -2.34. The maximum atomic E-state index is 13.0. The number of halogens is 1. The predicted molar refractivity (Wildman–Crippen MR) is 111 cm³/mol. The number of benzene rings is 2. The van der Waals surface area contributed by atoms with Crippen LogP contribution in [0.25, 0.3) is 10.9 Å². The summed E-state index contributed by atoms with van der Waals surface area (Å²) in [4.78, 5) is 28.2. The molecule has 1 aliphatic rings. The zero-order valence-electron chi connectivity index (χ0n) is 15.6. The van der Waals surface area contributed by atoms with E-state index in [2.05, 4.69) is 4.98 Å². The van der Waals surface area contributed by atoms with Gasteiger partial charge in [-0.05, 0) is 30.3 Å². The molecule has 0 atom stereocenters. The minimum absolute atomic E-state index is 0.102. The highest BCUT2D eigenvalue weighted by Gasteiger charge is 2.31. The van der Waals surface area contributed by atoms with Crippen molar-refractivity contribution in [3.8, 4) is 0 Å². The number of aromatic amines is 1. The topological polar surface area (TPSA) is 117 Å². The number of carbonyl (C=O) groups excluding carboxylic acids is 1. The number of non-ortho nitro benzene ring substituents is 1. The Kier molecular flexibility index (Phi) is 5.22. The maximum absolute atomic E-state index is 13.0. The summed E-state index contributed by atoms with van der Waals surface area (Å²) in [5, 5.41) is 12.0. The summed E-state index contributed by atoms with van der Waals surface area (Å²) in [6, 6.07) is 10.2. The third-order valence-electron chi connectivity index (χ3n) is 5.08. The van der Waals surface area contributed by atoms with Crippen molar-refractivity contribution in [2.24, 2.45) is 0 Å². The molecule has 3 aromatic rings. The summed E-state index contributed by atoms with van der Waals surface area (Å²) >= 11 is 5.83. The number of hydrogen-bond donors (Lipinski definition) is 1. The Hall–Kier alpha value is -2.95. The highest BCUT2D eigenvalue weighted by Crippen LogP contribution is 2.26. The Morgan fingerprint density at radius 1 is 1.07 bits per heavy atom. The summed E-state index contributed by atoms with van der Waals surface area (Å²) in [5.41, 5.74) is 0.839. The molecule has 156 valence electrons. The van der Waals surface area contributed by atoms with E-state index in [9.17, 15) is 23.3 Å². The molecule has 1 fully saturated rings. The number of aromatic nitrogens is 1. The van der Waals surface area contributed by atoms with Crippen molar-refractivity contribution < 1.29 is 18.1 Å². The van der Waals surface area contributed by atoms with Crippen LogP contribution in [0.15, 0.2) is 53.6 Å². The molecule has 30 heavy (non-hydrogen) atoms. The number of nitrogens with zero attached hydrogens (tertiary/aromatic N) is 3. The van der Waals surface area contributed by atoms with Gasteiger partial charge in [-0.15, -0.1) is 0 Å². The number of H-pyrrole nitrogens is 1. The smallest absolute Gasteiger partial charge is 0.270 e. The molecule has 1 aromatic heterocycles. The van der Waals surface area contributed by atoms with Crippen LogP contribution in [-0.4, -0.2) is 59.6 Å². The second-order valence-electron chi connectivity index (χ2n) is 6.84. The number of nitro groups is 1. The fourth-order valence-electron chi connectivity index (χ4n) is 3.46. The van der Waals surface area contributed by atoms with Gasteiger partial charge in [0.1, 0.15) is 0 Å². The molecule has 0 aliphatic carbocycles. The van der Waals surface area contributed by atoms with Crippen LogP contribution in [0.2, 0.25) is 5.02 Å². The summed E-state index contributed by atoms with van der Waals surface area (Å²) < 4.78 is 26.9. The normalized spacial score (nSPS) is 15.4. The number of rotatable bonds is 4. The molecule has 4 rings (SSSR count). The predicted octanol–water partition coefficient (Wildman–Crippen LogP) is 2.88. The molecule has 1 saturated heterocycles. The van der Waals surface area contributed by atoms with Crippen molar-refractivity contribution in [3.63, 3.8) is 0 Å². The average molecular weight is 449 g/mol. The van der Waals surface area contributed by atoms with Crippen LogP contribution in [-0.2, 0) is 10.0 Å². The lowest BCUT2D eigenvalue weighted by Crippen LogP contribution is -2.50. The van der Waals surface area contributed by atoms with E-state index < -0.39 is 14.9 Å². The zero-order chi connectivity index (χ0) is 21.5. The van der Waals surface area contributed by atoms with Gasteiger partial charge in [-0.1, -0.05) is 11.6 Å². The average Bonchev–Trinajstić information content (AvgIpc) is 3.17. The van der Waals surface area contributed by atoms with Gasteiger partial charge in [0.05, 0.1) is 15.4 Å². The molecule has 1 amide bonds. The minimum atomic E-state index is -3.68. The molecule has 0 radical (unpaired) electrons. The Labute approximate surface area is 177 Å². The molecular formula is C19H17ClN4O5S. The summed E-state index contributed by atoms with van der Waals surface area (Å²) in [5.74, 6) is -0.301. The van der Waals surface area contributed by atoms with Crippen LogP contribution < -0.4 is 0 Å². The van der Waals surface area contributed by atoms with E-state index in [0.717, 1.165) is 0 Å². The quantitative estimate of drug-likeness (QED) is 0.486. The maximum Gasteiger partial charge on any atom is 0.270 e. The van der Waals surface area contributed by atoms with Crippen molar-refractivity contribution in [3.05, 3.63) is 69.4 Å². The third-order valence-corrected chi connectivity index (χ3v) is 7.25. The van der Waals surface area contributed by atoms with Crippen molar-refractivity contribution >= 4 is 44.1 Å². The first kappa shape index (κ1) is 20.3. The van der Waals surface area contributed by atoms with Gasteiger partial charge < -0.3 is 9.88 Å². The van der Waals surface area contributed by atoms with Crippen LogP contribution in [0.1, 0.15) is 10.4 Å². The number of sulfonamides is 1. The standard InChI is InChI=1S/C19H17ClN4O5S/c20-13-1-4-15(5-2-13)30(28,29)23-9-7-22(8-10-23)19(25)17-12-21-18-6-3-14(24(26)27)11-16(17)18/h1-6,11-12,21H,7-10H2. The van der Waals surface area contributed by atoms with Crippen LogP contribution >= 0.6 is 11.6 Å². The second kappa shape index (κ2) is 7.71. The molecule has 2 heterocycles. The lowest BCUT2D eigenvalue weighted by molar-refractivity contribution is -0.384. The van der Waals surface area contributed by atoms with Crippen molar-refractivity contribution in [2.45, 2.75) is 4.90 Å². The Morgan fingerprint density at radius 3 is 2.37 bits per heavy atom. The van der Waals surface area contributed by atoms with Gasteiger partial charge in [0.15, 0.2) is 0 Å². The molecule has 9 nitrogen and oxygen atoms in total. The fourth-order valence-corrected chi connectivity index (χ4v) is 5.00. The van der Waals surface area contributed by atoms with Crippen LogP contribution in [0, 0.1) is 10.1 Å². The minimum Gasteiger partial charge on any atom is -0.360 e. The molecule has 1 N–H and O–H groups in total.